The highest BCUT2D eigenvalue weighted by molar-refractivity contribution is 5.83. The molecule has 1 atom stereocenters. The van der Waals surface area contributed by atoms with E-state index in [0.29, 0.717) is 0 Å². The molecule has 2 heterocycles. The second kappa shape index (κ2) is 4.02. The predicted octanol–water partition coefficient (Wildman–Crippen LogP) is -0.478. The average molecular weight is 208 g/mol. The van der Waals surface area contributed by atoms with E-state index in [9.17, 15) is 4.79 Å². The minimum atomic E-state index is -0.279. The lowest BCUT2D eigenvalue weighted by molar-refractivity contribution is -0.128. The molecule has 5 heteroatoms. The van der Waals surface area contributed by atoms with Gasteiger partial charge in [-0.05, 0) is 18.4 Å². The van der Waals surface area contributed by atoms with Crippen molar-refractivity contribution < 1.29 is 4.79 Å². The Kier molecular flexibility index (Phi) is 2.73. The molecule has 0 radical (unpaired) electrons. The topological polar surface area (TPSA) is 64.2 Å². The van der Waals surface area contributed by atoms with Gasteiger partial charge in [-0.1, -0.05) is 0 Å². The molecule has 2 rings (SSSR count). The maximum absolute atomic E-state index is 11.5. The van der Waals surface area contributed by atoms with Crippen LogP contribution in [0.5, 0.6) is 0 Å². The summed E-state index contributed by atoms with van der Waals surface area (Å²) in [6, 6.07) is -0.279. The zero-order valence-corrected chi connectivity index (χ0v) is 8.89. The van der Waals surface area contributed by atoms with Gasteiger partial charge < -0.3 is 10.6 Å². The molecule has 1 aliphatic heterocycles. The van der Waals surface area contributed by atoms with Crippen molar-refractivity contribution in [1.82, 2.24) is 14.7 Å². The van der Waals surface area contributed by atoms with Gasteiger partial charge in [-0.15, -0.1) is 0 Å². The van der Waals surface area contributed by atoms with E-state index in [-0.39, 0.29) is 11.9 Å². The molecule has 1 saturated heterocycles. The van der Waals surface area contributed by atoms with Gasteiger partial charge in [0, 0.05) is 26.3 Å². The number of rotatable bonds is 3. The lowest BCUT2D eigenvalue weighted by Crippen LogP contribution is -2.35. The Labute approximate surface area is 88.8 Å². The first-order valence-electron chi connectivity index (χ1n) is 5.18. The molecule has 1 fully saturated rings. The van der Waals surface area contributed by atoms with Gasteiger partial charge in [-0.2, -0.15) is 5.10 Å². The van der Waals surface area contributed by atoms with E-state index in [4.69, 9.17) is 5.73 Å². The quantitative estimate of drug-likeness (QED) is 0.730. The molecule has 1 aromatic rings. The standard InChI is InChI=1S/C10H16N4O/c1-13-7-8(6-12-13)2-4-14-5-3-9(11)10(14)15/h6-7,9H,2-5,11H2,1H3. The summed E-state index contributed by atoms with van der Waals surface area (Å²) in [5, 5.41) is 4.08. The fourth-order valence-corrected chi connectivity index (χ4v) is 1.85. The van der Waals surface area contributed by atoms with E-state index in [1.807, 2.05) is 24.3 Å². The molecule has 0 aromatic carbocycles. The summed E-state index contributed by atoms with van der Waals surface area (Å²) in [6.45, 7) is 1.54. The van der Waals surface area contributed by atoms with Crippen molar-refractivity contribution in [2.75, 3.05) is 13.1 Å². The maximum Gasteiger partial charge on any atom is 0.239 e. The number of nitrogens with zero attached hydrogens (tertiary/aromatic N) is 3. The highest BCUT2D eigenvalue weighted by Gasteiger charge is 2.27. The minimum absolute atomic E-state index is 0.0823. The number of likely N-dealkylation sites (tertiary alicyclic amines) is 1. The van der Waals surface area contributed by atoms with Crippen LogP contribution in [0.3, 0.4) is 0 Å². The highest BCUT2D eigenvalue weighted by Crippen LogP contribution is 2.10. The molecule has 2 N–H and O–H groups in total. The van der Waals surface area contributed by atoms with Crippen molar-refractivity contribution in [1.29, 1.82) is 0 Å². The minimum Gasteiger partial charge on any atom is -0.341 e. The lowest BCUT2D eigenvalue weighted by Gasteiger charge is -2.14. The number of carbonyl (C=O) groups excluding carboxylic acids is 1. The molecule has 82 valence electrons. The van der Waals surface area contributed by atoms with Gasteiger partial charge in [0.2, 0.25) is 5.91 Å². The molecule has 0 spiro atoms. The summed E-state index contributed by atoms with van der Waals surface area (Å²) in [7, 11) is 1.89. The fraction of sp³-hybridized carbons (Fsp3) is 0.600. The first kappa shape index (κ1) is 10.2. The van der Waals surface area contributed by atoms with Gasteiger partial charge in [-0.3, -0.25) is 9.48 Å². The average Bonchev–Trinajstić information content (AvgIpc) is 2.74. The van der Waals surface area contributed by atoms with Crippen LogP contribution in [0.15, 0.2) is 12.4 Å². The predicted molar refractivity (Wildman–Crippen MR) is 56.1 cm³/mol. The van der Waals surface area contributed by atoms with Crippen molar-refractivity contribution in [3.05, 3.63) is 18.0 Å². The fourth-order valence-electron chi connectivity index (χ4n) is 1.85. The lowest BCUT2D eigenvalue weighted by atomic mass is 10.2. The number of hydrogen-bond donors (Lipinski definition) is 1. The van der Waals surface area contributed by atoms with Crippen molar-refractivity contribution in [2.45, 2.75) is 18.9 Å². The zero-order chi connectivity index (χ0) is 10.8. The number of amides is 1. The van der Waals surface area contributed by atoms with Gasteiger partial charge >= 0.3 is 0 Å². The van der Waals surface area contributed by atoms with E-state index < -0.39 is 0 Å². The van der Waals surface area contributed by atoms with Crippen molar-refractivity contribution >= 4 is 5.91 Å². The number of carbonyl (C=O) groups is 1. The SMILES string of the molecule is Cn1cc(CCN2CCC(N)C2=O)cn1. The van der Waals surface area contributed by atoms with Crippen molar-refractivity contribution in [2.24, 2.45) is 12.8 Å². The largest absolute Gasteiger partial charge is 0.341 e. The Morgan fingerprint density at radius 2 is 2.47 bits per heavy atom. The van der Waals surface area contributed by atoms with Crippen molar-refractivity contribution in [3.63, 3.8) is 0 Å². The third-order valence-electron chi connectivity index (χ3n) is 2.77. The molecular weight excluding hydrogens is 192 g/mol. The Balaban J connectivity index is 1.86. The summed E-state index contributed by atoms with van der Waals surface area (Å²) >= 11 is 0. The summed E-state index contributed by atoms with van der Waals surface area (Å²) in [4.78, 5) is 13.3. The Bertz CT molecular complexity index is 360. The van der Waals surface area contributed by atoms with Gasteiger partial charge in [0.25, 0.3) is 0 Å². The zero-order valence-electron chi connectivity index (χ0n) is 8.89. The number of aryl methyl sites for hydroxylation is 1. The Hall–Kier alpha value is -1.36. The Morgan fingerprint density at radius 1 is 1.67 bits per heavy atom. The van der Waals surface area contributed by atoms with E-state index in [1.165, 1.54) is 0 Å². The third-order valence-corrected chi connectivity index (χ3v) is 2.77. The summed E-state index contributed by atoms with van der Waals surface area (Å²) in [5.41, 5.74) is 6.79. The van der Waals surface area contributed by atoms with Crippen LogP contribution in [0.1, 0.15) is 12.0 Å². The summed E-state index contributed by atoms with van der Waals surface area (Å²) < 4.78 is 1.77. The van der Waals surface area contributed by atoms with E-state index in [0.717, 1.165) is 31.5 Å². The highest BCUT2D eigenvalue weighted by atomic mass is 16.2. The second-order valence-corrected chi connectivity index (χ2v) is 3.99. The maximum atomic E-state index is 11.5. The van der Waals surface area contributed by atoms with Crippen molar-refractivity contribution in [3.8, 4) is 0 Å². The molecular formula is C10H16N4O. The molecule has 1 unspecified atom stereocenters. The smallest absolute Gasteiger partial charge is 0.239 e. The van der Waals surface area contributed by atoms with E-state index >= 15 is 0 Å². The molecule has 1 aliphatic rings. The molecule has 0 aliphatic carbocycles. The first-order valence-corrected chi connectivity index (χ1v) is 5.18. The number of aromatic nitrogens is 2. The van der Waals surface area contributed by atoms with Gasteiger partial charge in [0.1, 0.15) is 0 Å². The first-order chi connectivity index (χ1) is 7.16. The summed E-state index contributed by atoms with van der Waals surface area (Å²) in [5.74, 6) is 0.0823. The summed E-state index contributed by atoms with van der Waals surface area (Å²) in [6.07, 6.45) is 5.44. The van der Waals surface area contributed by atoms with Crippen LogP contribution < -0.4 is 5.73 Å². The van der Waals surface area contributed by atoms with Crippen LogP contribution in [-0.4, -0.2) is 39.7 Å². The monoisotopic (exact) mass is 208 g/mol. The van der Waals surface area contributed by atoms with Crippen LogP contribution >= 0.6 is 0 Å². The third kappa shape index (κ3) is 2.18. The van der Waals surface area contributed by atoms with Crippen LogP contribution in [0.2, 0.25) is 0 Å². The van der Waals surface area contributed by atoms with Gasteiger partial charge in [-0.25, -0.2) is 0 Å². The second-order valence-electron chi connectivity index (χ2n) is 3.99. The molecule has 1 aromatic heterocycles. The number of nitrogens with two attached hydrogens (primary N) is 1. The van der Waals surface area contributed by atoms with E-state index in [1.54, 1.807) is 4.68 Å². The van der Waals surface area contributed by atoms with Crippen LogP contribution in [0.25, 0.3) is 0 Å². The molecule has 15 heavy (non-hydrogen) atoms. The Morgan fingerprint density at radius 3 is 3.00 bits per heavy atom. The van der Waals surface area contributed by atoms with Crippen LogP contribution in [0, 0.1) is 0 Å². The normalized spacial score (nSPS) is 21.3. The van der Waals surface area contributed by atoms with E-state index in [2.05, 4.69) is 5.10 Å². The van der Waals surface area contributed by atoms with Crippen LogP contribution in [-0.2, 0) is 18.3 Å². The molecule has 0 bridgehead atoms. The number of hydrogen-bond acceptors (Lipinski definition) is 3. The molecule has 1 amide bonds. The van der Waals surface area contributed by atoms with Crippen LogP contribution in [0.4, 0.5) is 0 Å². The molecule has 0 saturated carbocycles. The molecule has 5 nitrogen and oxygen atoms in total. The van der Waals surface area contributed by atoms with Gasteiger partial charge in [0.15, 0.2) is 0 Å². The van der Waals surface area contributed by atoms with Gasteiger partial charge in [0.05, 0.1) is 12.2 Å².